The van der Waals surface area contributed by atoms with E-state index in [-0.39, 0.29) is 5.91 Å². The van der Waals surface area contributed by atoms with E-state index in [0.717, 1.165) is 42.0 Å². The van der Waals surface area contributed by atoms with E-state index in [4.69, 9.17) is 4.74 Å². The Hall–Kier alpha value is -2.49. The lowest BCUT2D eigenvalue weighted by Crippen LogP contribution is -2.56. The van der Waals surface area contributed by atoms with Gasteiger partial charge in [-0.25, -0.2) is 0 Å². The second-order valence-corrected chi connectivity index (χ2v) is 7.63. The molecule has 1 unspecified atom stereocenters. The normalized spacial score (nSPS) is 18.5. The van der Waals surface area contributed by atoms with Crippen molar-refractivity contribution >= 4 is 11.6 Å². The Morgan fingerprint density at radius 3 is 2.43 bits per heavy atom. The van der Waals surface area contributed by atoms with Gasteiger partial charge in [-0.3, -0.25) is 4.79 Å². The van der Waals surface area contributed by atoms with E-state index in [1.807, 2.05) is 41.3 Å². The van der Waals surface area contributed by atoms with Gasteiger partial charge in [-0.05, 0) is 49.6 Å². The molecule has 1 amide bonds. The maximum absolute atomic E-state index is 13.2. The molecule has 3 rings (SSSR count). The third-order valence-corrected chi connectivity index (χ3v) is 5.45. The topological polar surface area (TPSA) is 41.6 Å². The number of anilines is 1. The van der Waals surface area contributed by atoms with Gasteiger partial charge in [0.2, 0.25) is 0 Å². The number of benzene rings is 2. The van der Waals surface area contributed by atoms with Gasteiger partial charge >= 0.3 is 0 Å². The Balaban J connectivity index is 1.79. The first-order valence-electron chi connectivity index (χ1n) is 10.5. The van der Waals surface area contributed by atoms with Crippen molar-refractivity contribution in [1.29, 1.82) is 0 Å². The van der Waals surface area contributed by atoms with Crippen molar-refractivity contribution in [3.8, 4) is 5.75 Å². The highest BCUT2D eigenvalue weighted by Gasteiger charge is 2.41. The molecule has 150 valence electrons. The first-order chi connectivity index (χ1) is 13.6. The van der Waals surface area contributed by atoms with Crippen molar-refractivity contribution in [2.24, 2.45) is 0 Å². The number of carbonyl (C=O) groups is 1. The van der Waals surface area contributed by atoms with Gasteiger partial charge in [0, 0.05) is 12.2 Å². The van der Waals surface area contributed by atoms with Crippen molar-refractivity contribution in [2.75, 3.05) is 18.5 Å². The van der Waals surface area contributed by atoms with Gasteiger partial charge in [0.15, 0.2) is 0 Å². The molecule has 1 aliphatic rings. The standard InChI is InChI=1S/C24H32N2O2/c1-4-6-7-10-18-28-20-15-13-19(14-16-20)24(3)25-22-12-9-8-11-21(22)23(27)26(24)17-5-2/h8-9,11-16,25H,4-7,10,17-18H2,1-3H3. The maximum atomic E-state index is 13.2. The number of para-hydroxylation sites is 1. The summed E-state index contributed by atoms with van der Waals surface area (Å²) < 4.78 is 5.88. The average molecular weight is 381 g/mol. The minimum Gasteiger partial charge on any atom is -0.494 e. The van der Waals surface area contributed by atoms with E-state index in [1.165, 1.54) is 19.3 Å². The monoisotopic (exact) mass is 380 g/mol. The molecule has 28 heavy (non-hydrogen) atoms. The number of nitrogens with one attached hydrogen (secondary N) is 1. The van der Waals surface area contributed by atoms with Crippen LogP contribution in [0.15, 0.2) is 48.5 Å². The summed E-state index contributed by atoms with van der Waals surface area (Å²) in [5, 5.41) is 3.61. The Kier molecular flexibility index (Phi) is 6.61. The third-order valence-electron chi connectivity index (χ3n) is 5.45. The van der Waals surface area contributed by atoms with Crippen LogP contribution in [0.2, 0.25) is 0 Å². The second kappa shape index (κ2) is 9.13. The molecule has 0 spiro atoms. The first-order valence-corrected chi connectivity index (χ1v) is 10.5. The van der Waals surface area contributed by atoms with E-state index in [1.54, 1.807) is 0 Å². The van der Waals surface area contributed by atoms with Crippen molar-refractivity contribution < 1.29 is 9.53 Å². The second-order valence-electron chi connectivity index (χ2n) is 7.63. The van der Waals surface area contributed by atoms with Crippen LogP contribution >= 0.6 is 0 Å². The van der Waals surface area contributed by atoms with Crippen LogP contribution in [0, 0.1) is 0 Å². The summed E-state index contributed by atoms with van der Waals surface area (Å²) in [5.74, 6) is 0.961. The average Bonchev–Trinajstić information content (AvgIpc) is 2.71. The predicted molar refractivity (Wildman–Crippen MR) is 115 cm³/mol. The molecule has 2 aromatic rings. The van der Waals surface area contributed by atoms with Crippen molar-refractivity contribution in [3.63, 3.8) is 0 Å². The Morgan fingerprint density at radius 1 is 0.964 bits per heavy atom. The summed E-state index contributed by atoms with van der Waals surface area (Å²) in [4.78, 5) is 15.1. The van der Waals surface area contributed by atoms with Crippen molar-refractivity contribution in [2.45, 2.75) is 58.5 Å². The van der Waals surface area contributed by atoms with Crippen LogP contribution in [-0.4, -0.2) is 24.0 Å². The molecule has 0 saturated heterocycles. The summed E-state index contributed by atoms with van der Waals surface area (Å²) >= 11 is 0. The van der Waals surface area contributed by atoms with Crippen molar-refractivity contribution in [1.82, 2.24) is 4.90 Å². The summed E-state index contributed by atoms with van der Waals surface area (Å²) in [7, 11) is 0. The van der Waals surface area contributed by atoms with Crippen LogP contribution in [0.4, 0.5) is 5.69 Å². The van der Waals surface area contributed by atoms with E-state index in [2.05, 4.69) is 38.2 Å². The molecular formula is C24H32N2O2. The number of amides is 1. The molecule has 0 bridgehead atoms. The number of hydrogen-bond donors (Lipinski definition) is 1. The zero-order valence-electron chi connectivity index (χ0n) is 17.3. The molecule has 0 aliphatic carbocycles. The zero-order chi connectivity index (χ0) is 20.0. The zero-order valence-corrected chi connectivity index (χ0v) is 17.3. The van der Waals surface area contributed by atoms with Crippen LogP contribution in [-0.2, 0) is 5.66 Å². The number of carbonyl (C=O) groups excluding carboxylic acids is 1. The number of ether oxygens (including phenoxy) is 1. The largest absolute Gasteiger partial charge is 0.494 e. The molecule has 1 atom stereocenters. The SMILES string of the molecule is CCCCCCOc1ccc(C2(C)Nc3ccccc3C(=O)N2CCC)cc1. The highest BCUT2D eigenvalue weighted by atomic mass is 16.5. The smallest absolute Gasteiger partial charge is 0.258 e. The molecule has 1 aliphatic heterocycles. The third kappa shape index (κ3) is 4.16. The van der Waals surface area contributed by atoms with Gasteiger partial charge in [0.25, 0.3) is 5.91 Å². The molecule has 1 heterocycles. The summed E-state index contributed by atoms with van der Waals surface area (Å²) in [6, 6.07) is 15.9. The van der Waals surface area contributed by atoms with Crippen LogP contribution in [0.25, 0.3) is 0 Å². The van der Waals surface area contributed by atoms with Gasteiger partial charge in [-0.2, -0.15) is 0 Å². The Labute approximate surface area is 168 Å². The molecule has 0 aromatic heterocycles. The van der Waals surface area contributed by atoms with Gasteiger partial charge in [0.05, 0.1) is 12.2 Å². The quantitative estimate of drug-likeness (QED) is 0.559. The molecule has 2 aromatic carbocycles. The van der Waals surface area contributed by atoms with E-state index >= 15 is 0 Å². The van der Waals surface area contributed by atoms with Gasteiger partial charge in [-0.15, -0.1) is 0 Å². The van der Waals surface area contributed by atoms with E-state index in [9.17, 15) is 4.79 Å². The lowest BCUT2D eigenvalue weighted by atomic mass is 9.93. The predicted octanol–water partition coefficient (Wildman–Crippen LogP) is 5.80. The lowest BCUT2D eigenvalue weighted by Gasteiger charge is -2.46. The van der Waals surface area contributed by atoms with Gasteiger partial charge < -0.3 is 15.0 Å². The number of fused-ring (bicyclic) bond motifs is 1. The van der Waals surface area contributed by atoms with E-state index in [0.29, 0.717) is 6.54 Å². The number of hydrogen-bond acceptors (Lipinski definition) is 3. The highest BCUT2D eigenvalue weighted by Crippen LogP contribution is 2.38. The molecule has 0 fully saturated rings. The fraction of sp³-hybridized carbons (Fsp3) is 0.458. The van der Waals surface area contributed by atoms with Crippen LogP contribution in [0.5, 0.6) is 5.75 Å². The van der Waals surface area contributed by atoms with Crippen molar-refractivity contribution in [3.05, 3.63) is 59.7 Å². The van der Waals surface area contributed by atoms with Gasteiger partial charge in [0.1, 0.15) is 11.4 Å². The number of nitrogens with zero attached hydrogens (tertiary/aromatic N) is 1. The fourth-order valence-electron chi connectivity index (χ4n) is 3.83. The van der Waals surface area contributed by atoms with Crippen LogP contribution < -0.4 is 10.1 Å². The number of rotatable bonds is 9. The number of unbranched alkanes of at least 4 members (excludes halogenated alkanes) is 3. The summed E-state index contributed by atoms with van der Waals surface area (Å²) in [5.41, 5.74) is 2.10. The molecule has 4 heteroatoms. The molecule has 1 N–H and O–H groups in total. The first kappa shape index (κ1) is 20.2. The van der Waals surface area contributed by atoms with Crippen LogP contribution in [0.3, 0.4) is 0 Å². The molecule has 0 radical (unpaired) electrons. The summed E-state index contributed by atoms with van der Waals surface area (Å²) in [6.45, 7) is 7.85. The molecule has 0 saturated carbocycles. The Morgan fingerprint density at radius 2 is 1.71 bits per heavy atom. The minimum absolute atomic E-state index is 0.0787. The lowest BCUT2D eigenvalue weighted by molar-refractivity contribution is 0.0535. The van der Waals surface area contributed by atoms with E-state index < -0.39 is 5.66 Å². The summed E-state index contributed by atoms with van der Waals surface area (Å²) in [6.07, 6.45) is 5.70. The maximum Gasteiger partial charge on any atom is 0.258 e. The van der Waals surface area contributed by atoms with Crippen LogP contribution in [0.1, 0.15) is 68.8 Å². The molecule has 4 nitrogen and oxygen atoms in total. The highest BCUT2D eigenvalue weighted by molar-refractivity contribution is 6.02. The minimum atomic E-state index is -0.582. The van der Waals surface area contributed by atoms with Gasteiger partial charge in [-0.1, -0.05) is 57.4 Å². The Bertz CT molecular complexity index is 787. The molecular weight excluding hydrogens is 348 g/mol. The fourth-order valence-corrected chi connectivity index (χ4v) is 3.83.